The lowest BCUT2D eigenvalue weighted by Crippen LogP contribution is -2.47. The second-order valence-corrected chi connectivity index (χ2v) is 13.3. The number of esters is 1. The lowest BCUT2D eigenvalue weighted by molar-refractivity contribution is -0.147. The van der Waals surface area contributed by atoms with Crippen LogP contribution in [0.3, 0.4) is 0 Å². The molecule has 0 aromatic heterocycles. The average Bonchev–Trinajstić information content (AvgIpc) is 3.13. The molecule has 0 heterocycles. The highest BCUT2D eigenvalue weighted by molar-refractivity contribution is 5.87. The summed E-state index contributed by atoms with van der Waals surface area (Å²) in [5.74, 6) is -2.43. The molecular weight excluding hydrogens is 656 g/mol. The summed E-state index contributed by atoms with van der Waals surface area (Å²) in [6.07, 6.45) is 44.2. The molecule has 0 rings (SSSR count). The van der Waals surface area contributed by atoms with E-state index < -0.39 is 24.5 Å². The molecule has 2 amide bonds. The van der Waals surface area contributed by atoms with Crippen molar-refractivity contribution in [1.82, 2.24) is 10.6 Å². The van der Waals surface area contributed by atoms with Gasteiger partial charge in [-0.2, -0.15) is 0 Å². The number of amides is 2. The summed E-state index contributed by atoms with van der Waals surface area (Å²) >= 11 is 0. The Labute approximate surface area is 315 Å². The predicted molar refractivity (Wildman–Crippen MR) is 213 cm³/mol. The standard InChI is InChI=1S/C43H72N2O7/c1-3-5-7-9-11-12-13-14-15-16-17-18-19-20-21-22-23-25-31-35-42(49)52-38(32-28-24-10-8-6-4-2)33-29-26-27-30-34-40(47)44-36-41(48)45-39(37-46)43(50)51/h5,7,11-12,14-15,17-18,28,32,38-39,46H,3-4,6,8-10,13,16,19-27,29-31,33-37H2,1-2H3,(H,44,47)(H,45,48)(H,50,51)/b7-5-,12-11-,15-14-,18-17-,32-28-. The van der Waals surface area contributed by atoms with E-state index in [1.807, 2.05) is 6.08 Å². The third-order valence-corrected chi connectivity index (χ3v) is 8.48. The van der Waals surface area contributed by atoms with E-state index in [1.165, 1.54) is 38.5 Å². The number of hydrogen-bond acceptors (Lipinski definition) is 6. The Morgan fingerprint density at radius 3 is 1.77 bits per heavy atom. The second kappa shape index (κ2) is 37.3. The van der Waals surface area contributed by atoms with Crippen LogP contribution in [0.2, 0.25) is 0 Å². The zero-order valence-electron chi connectivity index (χ0n) is 32.5. The predicted octanol–water partition coefficient (Wildman–Crippen LogP) is 9.37. The van der Waals surface area contributed by atoms with Crippen molar-refractivity contribution in [1.29, 1.82) is 0 Å². The van der Waals surface area contributed by atoms with E-state index in [9.17, 15) is 19.2 Å². The lowest BCUT2D eigenvalue weighted by Gasteiger charge is -2.15. The van der Waals surface area contributed by atoms with Crippen molar-refractivity contribution in [2.24, 2.45) is 0 Å². The van der Waals surface area contributed by atoms with Crippen molar-refractivity contribution in [3.8, 4) is 0 Å². The molecule has 0 aliphatic carbocycles. The molecule has 0 aliphatic rings. The van der Waals surface area contributed by atoms with E-state index in [0.29, 0.717) is 12.8 Å². The summed E-state index contributed by atoms with van der Waals surface area (Å²) in [6, 6.07) is -1.39. The smallest absolute Gasteiger partial charge is 0.328 e. The topological polar surface area (TPSA) is 142 Å². The quantitative estimate of drug-likeness (QED) is 0.0289. The molecule has 0 aromatic rings. The maximum absolute atomic E-state index is 12.7. The van der Waals surface area contributed by atoms with Gasteiger partial charge in [0.2, 0.25) is 11.8 Å². The fourth-order valence-electron chi connectivity index (χ4n) is 5.38. The van der Waals surface area contributed by atoms with E-state index in [1.54, 1.807) is 0 Å². The van der Waals surface area contributed by atoms with E-state index >= 15 is 0 Å². The van der Waals surface area contributed by atoms with Crippen molar-refractivity contribution in [3.05, 3.63) is 60.8 Å². The van der Waals surface area contributed by atoms with Gasteiger partial charge < -0.3 is 25.6 Å². The third-order valence-electron chi connectivity index (χ3n) is 8.48. The van der Waals surface area contributed by atoms with Gasteiger partial charge in [-0.05, 0) is 83.1 Å². The van der Waals surface area contributed by atoms with E-state index in [2.05, 4.69) is 79.2 Å². The molecule has 2 unspecified atom stereocenters. The molecule has 296 valence electrons. The third kappa shape index (κ3) is 33.7. The largest absolute Gasteiger partial charge is 0.480 e. The minimum absolute atomic E-state index is 0.130. The molecule has 0 spiro atoms. The van der Waals surface area contributed by atoms with Crippen LogP contribution >= 0.6 is 0 Å². The highest BCUT2D eigenvalue weighted by Gasteiger charge is 2.18. The Morgan fingerprint density at radius 2 is 1.15 bits per heavy atom. The number of aliphatic hydroxyl groups is 1. The maximum atomic E-state index is 12.7. The zero-order chi connectivity index (χ0) is 38.3. The molecule has 0 aromatic carbocycles. The van der Waals surface area contributed by atoms with Crippen LogP contribution < -0.4 is 10.6 Å². The SMILES string of the molecule is CC/C=C\C/C=C\C/C=C\C/C=C\CCCCCCCCC(=O)OC(/C=C\CCCCCC)CCCCCCC(=O)NCC(=O)NC(CO)C(=O)O. The monoisotopic (exact) mass is 729 g/mol. The molecule has 0 saturated carbocycles. The van der Waals surface area contributed by atoms with Gasteiger partial charge in [0.25, 0.3) is 0 Å². The summed E-state index contributed by atoms with van der Waals surface area (Å²) in [6.45, 7) is 3.29. The van der Waals surface area contributed by atoms with Crippen LogP contribution in [0.5, 0.6) is 0 Å². The Kier molecular flexibility index (Phi) is 34.8. The number of carboxylic acid groups (broad SMARTS) is 1. The van der Waals surface area contributed by atoms with Crippen LogP contribution in [0, 0.1) is 0 Å². The van der Waals surface area contributed by atoms with E-state index in [0.717, 1.165) is 89.9 Å². The lowest BCUT2D eigenvalue weighted by atomic mass is 10.1. The molecule has 0 radical (unpaired) electrons. The van der Waals surface area contributed by atoms with Gasteiger partial charge in [0, 0.05) is 12.8 Å². The number of carbonyl (C=O) groups is 4. The highest BCUT2D eigenvalue weighted by Crippen LogP contribution is 2.15. The van der Waals surface area contributed by atoms with Gasteiger partial charge in [-0.3, -0.25) is 14.4 Å². The van der Waals surface area contributed by atoms with Gasteiger partial charge in [-0.25, -0.2) is 4.79 Å². The molecule has 4 N–H and O–H groups in total. The first-order valence-electron chi connectivity index (χ1n) is 20.2. The first kappa shape index (κ1) is 48.5. The molecule has 0 bridgehead atoms. The normalized spacial score (nSPS) is 13.1. The fourth-order valence-corrected chi connectivity index (χ4v) is 5.38. The molecule has 2 atom stereocenters. The first-order chi connectivity index (χ1) is 25.3. The second-order valence-electron chi connectivity index (χ2n) is 13.3. The summed E-state index contributed by atoms with van der Waals surface area (Å²) in [5, 5.41) is 22.5. The first-order valence-corrected chi connectivity index (χ1v) is 20.2. The van der Waals surface area contributed by atoms with Gasteiger partial charge >= 0.3 is 11.9 Å². The fraction of sp³-hybridized carbons (Fsp3) is 0.674. The molecule has 9 nitrogen and oxygen atoms in total. The maximum Gasteiger partial charge on any atom is 0.328 e. The van der Waals surface area contributed by atoms with Gasteiger partial charge in [0.05, 0.1) is 13.2 Å². The molecule has 52 heavy (non-hydrogen) atoms. The number of allylic oxidation sites excluding steroid dienone is 9. The van der Waals surface area contributed by atoms with Crippen LogP contribution in [0.4, 0.5) is 0 Å². The summed E-state index contributed by atoms with van der Waals surface area (Å²) in [7, 11) is 0. The molecule has 9 heteroatoms. The summed E-state index contributed by atoms with van der Waals surface area (Å²) in [4.78, 5) is 47.4. The van der Waals surface area contributed by atoms with E-state index in [4.69, 9.17) is 14.9 Å². The number of hydrogen-bond donors (Lipinski definition) is 4. The molecule has 0 saturated heterocycles. The van der Waals surface area contributed by atoms with Crippen molar-refractivity contribution >= 4 is 23.8 Å². The number of unbranched alkanes of at least 4 members (excludes halogenated alkanes) is 13. The Hall–Kier alpha value is -3.46. The highest BCUT2D eigenvalue weighted by atomic mass is 16.5. The molecular formula is C43H72N2O7. The van der Waals surface area contributed by atoms with E-state index in [-0.39, 0.29) is 30.9 Å². The summed E-state index contributed by atoms with van der Waals surface area (Å²) in [5.41, 5.74) is 0. The number of nitrogens with one attached hydrogen (secondary N) is 2. The number of ether oxygens (including phenoxy) is 1. The van der Waals surface area contributed by atoms with Crippen LogP contribution in [0.25, 0.3) is 0 Å². The van der Waals surface area contributed by atoms with Crippen LogP contribution in [-0.2, 0) is 23.9 Å². The van der Waals surface area contributed by atoms with Crippen molar-refractivity contribution in [3.63, 3.8) is 0 Å². The Bertz CT molecular complexity index is 1060. The van der Waals surface area contributed by atoms with Gasteiger partial charge in [0.1, 0.15) is 12.1 Å². The minimum atomic E-state index is -1.39. The summed E-state index contributed by atoms with van der Waals surface area (Å²) < 4.78 is 5.87. The van der Waals surface area contributed by atoms with Crippen molar-refractivity contribution in [2.75, 3.05) is 13.2 Å². The number of rotatable bonds is 35. The zero-order valence-corrected chi connectivity index (χ0v) is 32.5. The van der Waals surface area contributed by atoms with Crippen molar-refractivity contribution in [2.45, 2.75) is 174 Å². The number of carboxylic acids is 1. The Balaban J connectivity index is 4.19. The van der Waals surface area contributed by atoms with Crippen molar-refractivity contribution < 1.29 is 34.1 Å². The number of aliphatic hydroxyl groups excluding tert-OH is 1. The number of aliphatic carboxylic acids is 1. The van der Waals surface area contributed by atoms with Gasteiger partial charge in [0.15, 0.2) is 0 Å². The minimum Gasteiger partial charge on any atom is -0.480 e. The van der Waals surface area contributed by atoms with Crippen LogP contribution in [0.15, 0.2) is 60.8 Å². The number of carbonyl (C=O) groups excluding carboxylic acids is 3. The van der Waals surface area contributed by atoms with Crippen LogP contribution in [-0.4, -0.2) is 59.3 Å². The molecule has 0 fully saturated rings. The Morgan fingerprint density at radius 1 is 0.615 bits per heavy atom. The van der Waals surface area contributed by atoms with Crippen LogP contribution in [0.1, 0.15) is 162 Å². The van der Waals surface area contributed by atoms with Gasteiger partial charge in [-0.1, -0.05) is 126 Å². The molecule has 0 aliphatic heterocycles. The van der Waals surface area contributed by atoms with Gasteiger partial charge in [-0.15, -0.1) is 0 Å². The average molecular weight is 729 g/mol.